The molecule has 0 spiro atoms. The molecule has 0 amide bonds. The summed E-state index contributed by atoms with van der Waals surface area (Å²) >= 11 is 0. The fourth-order valence-electron chi connectivity index (χ4n) is 4.36. The fourth-order valence-corrected chi connectivity index (χ4v) is 4.36. The number of carbonyl (C=O) groups is 4. The van der Waals surface area contributed by atoms with Crippen LogP contribution in [0.15, 0.2) is 22.3 Å². The van der Waals surface area contributed by atoms with Crippen LogP contribution in [0.5, 0.6) is 0 Å². The van der Waals surface area contributed by atoms with Crippen LogP contribution >= 0.6 is 0 Å². The van der Waals surface area contributed by atoms with Gasteiger partial charge in [0.05, 0.1) is 39.3 Å². The third-order valence-electron chi connectivity index (χ3n) is 5.77. The highest BCUT2D eigenvalue weighted by atomic mass is 16.6. The molecule has 0 N–H and O–H groups in total. The molecular weight excluding hydrogens is 380 g/mol. The smallest absolute Gasteiger partial charge is 0.323 e. The molecule has 0 saturated heterocycles. The van der Waals surface area contributed by atoms with Gasteiger partial charge in [-0.05, 0) is 51.7 Å². The number of hydrogen-bond donors (Lipinski definition) is 0. The van der Waals surface area contributed by atoms with Crippen molar-refractivity contribution < 1.29 is 38.1 Å². The van der Waals surface area contributed by atoms with Crippen molar-refractivity contribution in [2.24, 2.45) is 17.3 Å². The maximum absolute atomic E-state index is 12.7. The first-order chi connectivity index (χ1) is 13.7. The maximum Gasteiger partial charge on any atom is 0.323 e. The fraction of sp³-hybridized carbons (Fsp3) is 0.619. The summed E-state index contributed by atoms with van der Waals surface area (Å²) in [5, 5.41) is 0. The van der Waals surface area contributed by atoms with Crippen LogP contribution in [0.2, 0.25) is 0 Å². The monoisotopic (exact) mass is 408 g/mol. The number of ether oxygens (including phenoxy) is 4. The van der Waals surface area contributed by atoms with Gasteiger partial charge in [-0.25, -0.2) is 0 Å². The number of fused-ring (bicyclic) bond motifs is 1. The zero-order valence-corrected chi connectivity index (χ0v) is 17.7. The Kier molecular flexibility index (Phi) is 6.87. The molecule has 2 rings (SSSR count). The van der Waals surface area contributed by atoms with Gasteiger partial charge in [-0.15, -0.1) is 0 Å². The predicted octanol–water partition coefficient (Wildman–Crippen LogP) is 2.12. The summed E-state index contributed by atoms with van der Waals surface area (Å²) in [6.45, 7) is 7.15. The molecular formula is C21H28O8. The highest BCUT2D eigenvalue weighted by Crippen LogP contribution is 2.54. The minimum absolute atomic E-state index is 0.0380. The lowest BCUT2D eigenvalue weighted by Crippen LogP contribution is -2.38. The molecule has 29 heavy (non-hydrogen) atoms. The third-order valence-corrected chi connectivity index (χ3v) is 5.77. The van der Waals surface area contributed by atoms with Gasteiger partial charge in [-0.3, -0.25) is 19.2 Å². The second-order valence-electron chi connectivity index (χ2n) is 7.20. The average Bonchev–Trinajstić information content (AvgIpc) is 3.12. The largest absolute Gasteiger partial charge is 0.468 e. The predicted molar refractivity (Wildman–Crippen MR) is 101 cm³/mol. The van der Waals surface area contributed by atoms with E-state index < -0.39 is 41.1 Å². The Morgan fingerprint density at radius 2 is 1.14 bits per heavy atom. The molecule has 0 aromatic carbocycles. The molecule has 8 nitrogen and oxygen atoms in total. The zero-order valence-electron chi connectivity index (χ0n) is 17.7. The Hall–Kier alpha value is -2.64. The topological polar surface area (TPSA) is 105 Å². The van der Waals surface area contributed by atoms with E-state index in [4.69, 9.17) is 18.9 Å². The van der Waals surface area contributed by atoms with E-state index in [1.165, 1.54) is 14.2 Å². The van der Waals surface area contributed by atoms with Crippen molar-refractivity contribution in [2.75, 3.05) is 27.4 Å². The summed E-state index contributed by atoms with van der Waals surface area (Å²) < 4.78 is 20.2. The van der Waals surface area contributed by atoms with Crippen LogP contribution in [0.3, 0.4) is 0 Å². The quantitative estimate of drug-likeness (QED) is 0.374. The minimum atomic E-state index is -1.54. The summed E-state index contributed by atoms with van der Waals surface area (Å²) in [5.41, 5.74) is 1.03. The summed E-state index contributed by atoms with van der Waals surface area (Å²) in [4.78, 5) is 50.6. The van der Waals surface area contributed by atoms with Gasteiger partial charge in [0.25, 0.3) is 0 Å². The van der Waals surface area contributed by atoms with Crippen molar-refractivity contribution >= 4 is 23.9 Å². The van der Waals surface area contributed by atoms with Crippen LogP contribution in [0.4, 0.5) is 0 Å². The first kappa shape index (κ1) is 22.6. The SMILES string of the molecule is CCOC(=O)[C@@H]1C(C)=C2CC(C(=O)OC)(C(=O)OC)CC2=C(C)[C@H]1C(=O)OCC. The minimum Gasteiger partial charge on any atom is -0.468 e. The van der Waals surface area contributed by atoms with E-state index in [0.29, 0.717) is 22.3 Å². The highest BCUT2D eigenvalue weighted by molar-refractivity contribution is 6.02. The van der Waals surface area contributed by atoms with Crippen molar-refractivity contribution in [1.82, 2.24) is 0 Å². The van der Waals surface area contributed by atoms with Gasteiger partial charge >= 0.3 is 23.9 Å². The Morgan fingerprint density at radius 1 is 0.793 bits per heavy atom. The lowest BCUT2D eigenvalue weighted by molar-refractivity contribution is -0.168. The first-order valence-electron chi connectivity index (χ1n) is 9.59. The van der Waals surface area contributed by atoms with Gasteiger partial charge in [0, 0.05) is 0 Å². The second kappa shape index (κ2) is 8.80. The standard InChI is InChI=1S/C21H28O8/c1-7-28-17(22)15-11(3)13-9-21(19(24)26-5,20(25)27-6)10-14(13)12(4)16(15)18(23)29-8-2/h15-16H,7-10H2,1-6H3/t15-,16-/m1/s1. The van der Waals surface area contributed by atoms with E-state index in [9.17, 15) is 19.2 Å². The molecule has 160 valence electrons. The molecule has 2 aliphatic rings. The third kappa shape index (κ3) is 3.68. The first-order valence-corrected chi connectivity index (χ1v) is 9.59. The number of rotatable bonds is 6. The number of hydrogen-bond acceptors (Lipinski definition) is 8. The molecule has 0 radical (unpaired) electrons. The van der Waals surface area contributed by atoms with E-state index in [0.717, 1.165) is 0 Å². The van der Waals surface area contributed by atoms with Crippen LogP contribution in [0.25, 0.3) is 0 Å². The molecule has 0 unspecified atom stereocenters. The van der Waals surface area contributed by atoms with Crippen LogP contribution in [0, 0.1) is 17.3 Å². The summed E-state index contributed by atoms with van der Waals surface area (Å²) in [6, 6.07) is 0. The summed E-state index contributed by atoms with van der Waals surface area (Å²) in [6.07, 6.45) is 0.0760. The van der Waals surface area contributed by atoms with Crippen LogP contribution in [-0.4, -0.2) is 51.3 Å². The molecule has 0 heterocycles. The average molecular weight is 408 g/mol. The van der Waals surface area contributed by atoms with E-state index in [2.05, 4.69) is 0 Å². The molecule has 0 aromatic heterocycles. The number of allylic oxidation sites excluding steroid dienone is 2. The molecule has 8 heteroatoms. The Bertz CT molecular complexity index is 723. The molecule has 0 bridgehead atoms. The lowest BCUT2D eigenvalue weighted by atomic mass is 9.73. The van der Waals surface area contributed by atoms with Gasteiger partial charge in [-0.1, -0.05) is 11.1 Å². The highest BCUT2D eigenvalue weighted by Gasteiger charge is 2.57. The van der Waals surface area contributed by atoms with Gasteiger partial charge in [-0.2, -0.15) is 0 Å². The van der Waals surface area contributed by atoms with E-state index in [1.54, 1.807) is 27.7 Å². The van der Waals surface area contributed by atoms with Crippen LogP contribution in [0.1, 0.15) is 40.5 Å². The molecule has 1 fully saturated rings. The molecule has 0 aliphatic heterocycles. The Balaban J connectivity index is 2.67. The molecule has 2 atom stereocenters. The second-order valence-corrected chi connectivity index (χ2v) is 7.20. The van der Waals surface area contributed by atoms with Crippen molar-refractivity contribution in [3.63, 3.8) is 0 Å². The lowest BCUT2D eigenvalue weighted by Gasteiger charge is -2.32. The molecule has 2 aliphatic carbocycles. The Labute approximate surface area is 170 Å². The van der Waals surface area contributed by atoms with E-state index in [1.807, 2.05) is 0 Å². The van der Waals surface area contributed by atoms with Gasteiger partial charge in [0.15, 0.2) is 5.41 Å². The number of carbonyl (C=O) groups excluding carboxylic acids is 4. The summed E-state index contributed by atoms with van der Waals surface area (Å²) in [5.74, 6) is -4.25. The summed E-state index contributed by atoms with van der Waals surface area (Å²) in [7, 11) is 2.42. The maximum atomic E-state index is 12.7. The zero-order chi connectivity index (χ0) is 21.9. The normalized spacial score (nSPS) is 22.7. The molecule has 0 aromatic rings. The van der Waals surface area contributed by atoms with Crippen LogP contribution < -0.4 is 0 Å². The molecule has 1 saturated carbocycles. The van der Waals surface area contributed by atoms with Crippen molar-refractivity contribution in [1.29, 1.82) is 0 Å². The van der Waals surface area contributed by atoms with E-state index in [-0.39, 0.29) is 26.1 Å². The van der Waals surface area contributed by atoms with Gasteiger partial charge in [0.1, 0.15) is 0 Å². The van der Waals surface area contributed by atoms with Gasteiger partial charge in [0.2, 0.25) is 0 Å². The number of methoxy groups -OCH3 is 2. The number of esters is 4. The van der Waals surface area contributed by atoms with Crippen molar-refractivity contribution in [3.05, 3.63) is 22.3 Å². The van der Waals surface area contributed by atoms with Gasteiger partial charge < -0.3 is 18.9 Å². The van der Waals surface area contributed by atoms with Crippen molar-refractivity contribution in [2.45, 2.75) is 40.5 Å². The Morgan fingerprint density at radius 3 is 1.41 bits per heavy atom. The van der Waals surface area contributed by atoms with E-state index >= 15 is 0 Å². The van der Waals surface area contributed by atoms with Crippen molar-refractivity contribution in [3.8, 4) is 0 Å². The van der Waals surface area contributed by atoms with Crippen LogP contribution in [-0.2, 0) is 38.1 Å².